The Morgan fingerprint density at radius 2 is 1.68 bits per heavy atom. The minimum Gasteiger partial charge on any atom is -0.310 e. The number of hydrogen-bond donors (Lipinski definition) is 2. The fourth-order valence-electron chi connectivity index (χ4n) is 3.52. The Morgan fingerprint density at radius 3 is 2.35 bits per heavy atom. The van der Waals surface area contributed by atoms with Gasteiger partial charge in [-0.15, -0.1) is 0 Å². The van der Waals surface area contributed by atoms with Gasteiger partial charge in [-0.3, -0.25) is 9.52 Å². The predicted octanol–water partition coefficient (Wildman–Crippen LogP) is 4.11. The summed E-state index contributed by atoms with van der Waals surface area (Å²) < 4.78 is 67.1. The standard InChI is InChI=1S/C23H20F3N5O4S2/c24-23(25,26)36-19-8-6-18(7-9-19)31-21(32)15-30(22(31)33)14-17-10-11-27-20(12-17)29-37(34,35)28-13-16-4-2-1-3-5-16/h1-12,28H,13-15H2,(H,27,29). The summed E-state index contributed by atoms with van der Waals surface area (Å²) >= 11 is -0.295. The van der Waals surface area contributed by atoms with Crippen LogP contribution in [0.25, 0.3) is 0 Å². The maximum atomic E-state index is 12.9. The molecule has 1 saturated heterocycles. The van der Waals surface area contributed by atoms with E-state index in [4.69, 9.17) is 0 Å². The molecule has 0 aliphatic carbocycles. The summed E-state index contributed by atoms with van der Waals surface area (Å²) in [5, 5.41) is 0. The molecule has 0 unspecified atom stereocenters. The van der Waals surface area contributed by atoms with Crippen molar-refractivity contribution in [2.75, 3.05) is 16.2 Å². The molecule has 3 aromatic rings. The molecule has 2 aromatic carbocycles. The zero-order chi connectivity index (χ0) is 26.6. The van der Waals surface area contributed by atoms with Crippen LogP contribution in [-0.2, 0) is 28.1 Å². The van der Waals surface area contributed by atoms with Crippen molar-refractivity contribution >= 4 is 45.4 Å². The lowest BCUT2D eigenvalue weighted by Crippen LogP contribution is -2.32. The van der Waals surface area contributed by atoms with Gasteiger partial charge in [0.05, 0.1) is 5.69 Å². The Labute approximate surface area is 214 Å². The van der Waals surface area contributed by atoms with Gasteiger partial charge in [0.1, 0.15) is 12.4 Å². The molecule has 194 valence electrons. The SMILES string of the molecule is O=C1CN(Cc2ccnc(NS(=O)(=O)NCc3ccccc3)c2)C(=O)N1c1ccc(SC(F)(F)F)cc1. The first-order valence-electron chi connectivity index (χ1n) is 10.7. The van der Waals surface area contributed by atoms with Crippen molar-refractivity contribution in [3.8, 4) is 0 Å². The van der Waals surface area contributed by atoms with Crippen LogP contribution in [0, 0.1) is 0 Å². The average Bonchev–Trinajstić information content (AvgIpc) is 3.10. The molecule has 0 radical (unpaired) electrons. The second-order valence-electron chi connectivity index (χ2n) is 7.87. The minimum atomic E-state index is -4.45. The molecule has 1 aliphatic heterocycles. The molecule has 2 heterocycles. The summed E-state index contributed by atoms with van der Waals surface area (Å²) in [5.41, 5.74) is -3.02. The van der Waals surface area contributed by atoms with Crippen molar-refractivity contribution in [3.05, 3.63) is 84.1 Å². The van der Waals surface area contributed by atoms with E-state index in [1.807, 2.05) is 6.07 Å². The lowest BCUT2D eigenvalue weighted by Gasteiger charge is -2.18. The summed E-state index contributed by atoms with van der Waals surface area (Å²) in [6.45, 7) is -0.191. The number of amides is 3. The molecule has 14 heteroatoms. The third-order valence-electron chi connectivity index (χ3n) is 5.11. The number of nitrogens with zero attached hydrogens (tertiary/aromatic N) is 3. The summed E-state index contributed by atoms with van der Waals surface area (Å²) in [7, 11) is -3.93. The van der Waals surface area contributed by atoms with Crippen molar-refractivity contribution in [2.45, 2.75) is 23.5 Å². The molecule has 9 nitrogen and oxygen atoms in total. The maximum Gasteiger partial charge on any atom is 0.446 e. The molecule has 0 spiro atoms. The average molecular weight is 552 g/mol. The lowest BCUT2D eigenvalue weighted by molar-refractivity contribution is -0.116. The molecular formula is C23H20F3N5O4S2. The molecule has 0 saturated carbocycles. The minimum absolute atomic E-state index is 0.0161. The summed E-state index contributed by atoms with van der Waals surface area (Å²) in [6, 6.07) is 16.2. The van der Waals surface area contributed by atoms with Crippen LogP contribution in [0.1, 0.15) is 11.1 Å². The van der Waals surface area contributed by atoms with E-state index in [-0.39, 0.29) is 47.8 Å². The number of nitrogens with one attached hydrogen (secondary N) is 2. The Balaban J connectivity index is 1.39. The quantitative estimate of drug-likeness (QED) is 0.306. The molecule has 1 aromatic heterocycles. The number of anilines is 2. The summed E-state index contributed by atoms with van der Waals surface area (Å²) in [6.07, 6.45) is 1.36. The Bertz CT molecular complexity index is 1390. The second kappa shape index (κ2) is 10.8. The predicted molar refractivity (Wildman–Crippen MR) is 132 cm³/mol. The van der Waals surface area contributed by atoms with Gasteiger partial charge in [-0.25, -0.2) is 14.7 Å². The molecule has 3 amide bonds. The molecule has 2 N–H and O–H groups in total. The number of imide groups is 1. The number of rotatable bonds is 9. The van der Waals surface area contributed by atoms with E-state index in [1.165, 1.54) is 41.4 Å². The van der Waals surface area contributed by atoms with Gasteiger partial charge in [-0.05, 0) is 59.3 Å². The van der Waals surface area contributed by atoms with Crippen molar-refractivity contribution < 1.29 is 31.2 Å². The van der Waals surface area contributed by atoms with Crippen LogP contribution in [0.2, 0.25) is 0 Å². The normalized spacial score (nSPS) is 14.4. The van der Waals surface area contributed by atoms with E-state index in [2.05, 4.69) is 14.4 Å². The molecule has 1 aliphatic rings. The fraction of sp³-hybridized carbons (Fsp3) is 0.174. The first kappa shape index (κ1) is 26.4. The van der Waals surface area contributed by atoms with Gasteiger partial charge in [0.15, 0.2) is 0 Å². The van der Waals surface area contributed by atoms with E-state index in [0.717, 1.165) is 10.5 Å². The number of benzene rings is 2. The second-order valence-corrected chi connectivity index (χ2v) is 10.5. The highest BCUT2D eigenvalue weighted by Gasteiger charge is 2.37. The summed E-state index contributed by atoms with van der Waals surface area (Å²) in [5.74, 6) is -0.521. The van der Waals surface area contributed by atoms with Crippen LogP contribution < -0.4 is 14.3 Å². The fourth-order valence-corrected chi connectivity index (χ4v) is 4.88. The highest BCUT2D eigenvalue weighted by Crippen LogP contribution is 2.37. The number of pyridine rings is 1. The van der Waals surface area contributed by atoms with Gasteiger partial charge in [-0.2, -0.15) is 26.3 Å². The molecular weight excluding hydrogens is 531 g/mol. The van der Waals surface area contributed by atoms with Crippen molar-refractivity contribution in [1.82, 2.24) is 14.6 Å². The first-order valence-corrected chi connectivity index (χ1v) is 13.0. The highest BCUT2D eigenvalue weighted by atomic mass is 32.2. The van der Waals surface area contributed by atoms with Gasteiger partial charge < -0.3 is 4.90 Å². The Morgan fingerprint density at radius 1 is 0.973 bits per heavy atom. The summed E-state index contributed by atoms with van der Waals surface area (Å²) in [4.78, 5) is 31.4. The zero-order valence-electron chi connectivity index (χ0n) is 19.0. The molecule has 1 fully saturated rings. The molecule has 0 atom stereocenters. The van der Waals surface area contributed by atoms with E-state index >= 15 is 0 Å². The number of alkyl halides is 3. The number of hydrogen-bond acceptors (Lipinski definition) is 6. The van der Waals surface area contributed by atoms with Gasteiger partial charge in [0.2, 0.25) is 0 Å². The van der Waals surface area contributed by atoms with E-state index in [1.54, 1.807) is 30.3 Å². The highest BCUT2D eigenvalue weighted by molar-refractivity contribution is 8.00. The number of thioether (sulfide) groups is 1. The van der Waals surface area contributed by atoms with Crippen LogP contribution in [0.3, 0.4) is 0 Å². The Hall–Kier alpha value is -3.62. The monoisotopic (exact) mass is 551 g/mol. The van der Waals surface area contributed by atoms with Crippen LogP contribution in [0.4, 0.5) is 29.5 Å². The van der Waals surface area contributed by atoms with E-state index < -0.39 is 27.7 Å². The number of carbonyl (C=O) groups excluding carboxylic acids is 2. The largest absolute Gasteiger partial charge is 0.446 e. The molecule has 37 heavy (non-hydrogen) atoms. The van der Waals surface area contributed by atoms with Gasteiger partial charge >= 0.3 is 21.7 Å². The van der Waals surface area contributed by atoms with Crippen molar-refractivity contribution in [3.63, 3.8) is 0 Å². The third-order valence-corrected chi connectivity index (χ3v) is 6.85. The van der Waals surface area contributed by atoms with E-state index in [9.17, 15) is 31.2 Å². The van der Waals surface area contributed by atoms with Crippen LogP contribution in [-0.4, -0.2) is 42.3 Å². The molecule has 0 bridgehead atoms. The van der Waals surface area contributed by atoms with Crippen LogP contribution >= 0.6 is 11.8 Å². The number of carbonyl (C=O) groups is 2. The Kier molecular flexibility index (Phi) is 7.71. The lowest BCUT2D eigenvalue weighted by atomic mass is 10.2. The van der Waals surface area contributed by atoms with Crippen molar-refractivity contribution in [2.24, 2.45) is 0 Å². The van der Waals surface area contributed by atoms with Crippen LogP contribution in [0.5, 0.6) is 0 Å². The van der Waals surface area contributed by atoms with Gasteiger partial charge in [0.25, 0.3) is 5.91 Å². The first-order chi connectivity index (χ1) is 17.5. The van der Waals surface area contributed by atoms with Crippen molar-refractivity contribution in [1.29, 1.82) is 0 Å². The zero-order valence-corrected chi connectivity index (χ0v) is 20.6. The maximum absolute atomic E-state index is 12.9. The smallest absolute Gasteiger partial charge is 0.310 e. The number of urea groups is 1. The van der Waals surface area contributed by atoms with Gasteiger partial charge in [-0.1, -0.05) is 30.3 Å². The van der Waals surface area contributed by atoms with Gasteiger partial charge in [0, 0.05) is 24.2 Å². The van der Waals surface area contributed by atoms with E-state index in [0.29, 0.717) is 5.56 Å². The third kappa shape index (κ3) is 7.21. The number of aromatic nitrogens is 1. The number of halogens is 3. The topological polar surface area (TPSA) is 112 Å². The van der Waals surface area contributed by atoms with Crippen LogP contribution in [0.15, 0.2) is 77.8 Å². The molecule has 4 rings (SSSR count).